The van der Waals surface area contributed by atoms with Gasteiger partial charge in [0, 0.05) is 29.8 Å². The van der Waals surface area contributed by atoms with Crippen LogP contribution >= 0.6 is 23.4 Å². The number of thiazole rings is 1. The van der Waals surface area contributed by atoms with Crippen molar-refractivity contribution in [3.63, 3.8) is 0 Å². The van der Waals surface area contributed by atoms with E-state index in [0.29, 0.717) is 46.7 Å². The van der Waals surface area contributed by atoms with E-state index in [0.717, 1.165) is 36.8 Å². The second-order valence-electron chi connectivity index (χ2n) is 10.7. The average molecular weight is 580 g/mol. The minimum atomic E-state index is -1.11. The predicted molar refractivity (Wildman–Crippen MR) is 152 cm³/mol. The van der Waals surface area contributed by atoms with E-state index in [9.17, 15) is 23.2 Å². The summed E-state index contributed by atoms with van der Waals surface area (Å²) in [6, 6.07) is 9.48. The zero-order chi connectivity index (χ0) is 27.8. The van der Waals surface area contributed by atoms with Gasteiger partial charge in [-0.2, -0.15) is 5.10 Å². The number of aromatic nitrogens is 1. The van der Waals surface area contributed by atoms with Gasteiger partial charge in [-0.25, -0.2) is 23.6 Å². The molecule has 0 spiro atoms. The molecule has 3 aliphatic rings. The van der Waals surface area contributed by atoms with E-state index in [4.69, 9.17) is 5.10 Å². The van der Waals surface area contributed by atoms with Crippen molar-refractivity contribution in [2.75, 3.05) is 5.01 Å². The number of carbonyl (C=O) groups is 1. The Bertz CT molecular complexity index is 1540. The second-order valence-corrected chi connectivity index (χ2v) is 12.2. The van der Waals surface area contributed by atoms with Crippen LogP contribution in [0.4, 0.5) is 13.9 Å². The van der Waals surface area contributed by atoms with Crippen molar-refractivity contribution in [2.24, 2.45) is 22.9 Å². The lowest BCUT2D eigenvalue weighted by atomic mass is 9.83. The molecule has 6 rings (SSSR count). The third-order valence-corrected chi connectivity index (χ3v) is 9.01. The monoisotopic (exact) mass is 579 g/mol. The molecule has 6 nitrogen and oxygen atoms in total. The molecule has 2 aliphatic carbocycles. The van der Waals surface area contributed by atoms with Crippen LogP contribution in [-0.4, -0.2) is 32.4 Å². The van der Waals surface area contributed by atoms with Crippen molar-refractivity contribution in [3.05, 3.63) is 75.8 Å². The first-order valence-electron chi connectivity index (χ1n) is 13.3. The Labute approximate surface area is 239 Å². The Morgan fingerprint density at radius 1 is 1.10 bits per heavy atom. The Morgan fingerprint density at radius 2 is 1.90 bits per heavy atom. The summed E-state index contributed by atoms with van der Waals surface area (Å²) in [6.07, 6.45) is 6.60. The summed E-state index contributed by atoms with van der Waals surface area (Å²) in [6.45, 7) is 0. The highest BCUT2D eigenvalue weighted by atomic mass is 32.2. The van der Waals surface area contributed by atoms with E-state index in [1.54, 1.807) is 24.3 Å². The maximum absolute atomic E-state index is 14.8. The molecular formula is C30H27F2N3O3S2. The van der Waals surface area contributed by atoms with Crippen LogP contribution in [-0.2, 0) is 6.42 Å². The lowest BCUT2D eigenvalue weighted by Gasteiger charge is -2.27. The van der Waals surface area contributed by atoms with Gasteiger partial charge in [0.15, 0.2) is 5.69 Å². The fraction of sp³-hybridized carbons (Fsp3) is 0.367. The van der Waals surface area contributed by atoms with E-state index in [1.165, 1.54) is 41.7 Å². The minimum Gasteiger partial charge on any atom is -0.476 e. The van der Waals surface area contributed by atoms with Crippen LogP contribution < -0.4 is 5.01 Å². The largest absolute Gasteiger partial charge is 0.476 e. The van der Waals surface area contributed by atoms with Gasteiger partial charge >= 0.3 is 5.97 Å². The number of hydrogen-bond donors (Lipinski definition) is 2. The predicted octanol–water partition coefficient (Wildman–Crippen LogP) is 7.09. The second kappa shape index (κ2) is 11.3. The van der Waals surface area contributed by atoms with E-state index >= 15 is 0 Å². The molecule has 206 valence electrons. The highest BCUT2D eigenvalue weighted by Gasteiger charge is 2.43. The lowest BCUT2D eigenvalue weighted by molar-refractivity contribution is 0.0691. The Hall–Kier alpha value is -3.26. The van der Waals surface area contributed by atoms with Gasteiger partial charge in [-0.3, -0.25) is 0 Å². The maximum atomic E-state index is 14.8. The summed E-state index contributed by atoms with van der Waals surface area (Å²) in [4.78, 5) is 16.0. The highest BCUT2D eigenvalue weighted by molar-refractivity contribution is 7.93. The summed E-state index contributed by atoms with van der Waals surface area (Å²) < 4.78 is 38.7. The summed E-state index contributed by atoms with van der Waals surface area (Å²) in [5.41, 5.74) is 2.45. The van der Waals surface area contributed by atoms with Crippen LogP contribution in [0.3, 0.4) is 0 Å². The molecule has 2 atom stereocenters. The van der Waals surface area contributed by atoms with Crippen molar-refractivity contribution in [2.45, 2.75) is 55.9 Å². The molecule has 10 heteroatoms. The number of nitrogens with zero attached hydrogens (tertiary/aromatic N) is 3. The lowest BCUT2D eigenvalue weighted by Crippen LogP contribution is -2.35. The molecule has 3 aromatic rings. The van der Waals surface area contributed by atoms with E-state index < -0.39 is 17.6 Å². The van der Waals surface area contributed by atoms with Gasteiger partial charge in [0.2, 0.25) is 5.13 Å². The minimum absolute atomic E-state index is 0.0421. The van der Waals surface area contributed by atoms with Crippen LogP contribution in [0.5, 0.6) is 0 Å². The number of carboxylic acid groups (broad SMARTS) is 1. The molecule has 1 aromatic heterocycles. The first kappa shape index (κ1) is 26.9. The van der Waals surface area contributed by atoms with Gasteiger partial charge < -0.3 is 9.66 Å². The molecule has 0 saturated heterocycles. The zero-order valence-electron chi connectivity index (χ0n) is 21.5. The molecule has 40 heavy (non-hydrogen) atoms. The SMILES string of the molecule is O=C(O)c1csc(N2N=C(c3ccc(F)c(C#CCC4CC4)c3)C(Cc3ccc(SO)c(F)c3)C2CC2CC2)n1. The summed E-state index contributed by atoms with van der Waals surface area (Å²) in [5, 5.41) is 18.2. The number of carboxylic acids is 1. The quantitative estimate of drug-likeness (QED) is 0.208. The van der Waals surface area contributed by atoms with Crippen LogP contribution in [0.25, 0.3) is 0 Å². The van der Waals surface area contributed by atoms with Gasteiger partial charge in [-0.05, 0) is 72.9 Å². The summed E-state index contributed by atoms with van der Waals surface area (Å²) in [7, 11) is 0. The molecule has 2 saturated carbocycles. The number of anilines is 1. The third-order valence-electron chi connectivity index (χ3n) is 7.65. The zero-order valence-corrected chi connectivity index (χ0v) is 23.2. The van der Waals surface area contributed by atoms with Gasteiger partial charge in [-0.15, -0.1) is 11.3 Å². The number of aromatic carboxylic acids is 1. The van der Waals surface area contributed by atoms with Gasteiger partial charge in [0.25, 0.3) is 0 Å². The smallest absolute Gasteiger partial charge is 0.355 e. The van der Waals surface area contributed by atoms with Crippen molar-refractivity contribution in [3.8, 4) is 11.8 Å². The molecule has 2 fully saturated rings. The van der Waals surface area contributed by atoms with Crippen LogP contribution in [0.15, 0.2) is 51.8 Å². The average Bonchev–Trinajstić information content (AvgIpc) is 3.85. The fourth-order valence-electron chi connectivity index (χ4n) is 5.13. The molecule has 2 heterocycles. The molecule has 0 bridgehead atoms. The van der Waals surface area contributed by atoms with E-state index in [-0.39, 0.29) is 22.5 Å². The summed E-state index contributed by atoms with van der Waals surface area (Å²) in [5.74, 6) is 5.06. The van der Waals surface area contributed by atoms with Crippen molar-refractivity contribution < 1.29 is 23.2 Å². The summed E-state index contributed by atoms with van der Waals surface area (Å²) >= 11 is 1.59. The number of benzene rings is 2. The first-order valence-corrected chi connectivity index (χ1v) is 15.0. The number of hydrogen-bond acceptors (Lipinski definition) is 7. The van der Waals surface area contributed by atoms with Gasteiger partial charge in [-0.1, -0.05) is 36.8 Å². The normalized spacial score (nSPS) is 20.3. The van der Waals surface area contributed by atoms with Crippen molar-refractivity contribution in [1.29, 1.82) is 0 Å². The standard InChI is InChI=1S/C30H27F2N3O3S2/c31-23-10-9-21(15-20(23)3-1-2-17-4-5-17)28-22(12-19-8-11-27(40-38)24(32)13-19)26(14-18-6-7-18)35(34-28)30-33-25(16-39-30)29(36)37/h8-11,13,15-18,22,26,38H,2,4-7,12,14H2,(H,36,37). The highest BCUT2D eigenvalue weighted by Crippen LogP contribution is 2.43. The van der Waals surface area contributed by atoms with Crippen molar-refractivity contribution >= 4 is 40.2 Å². The Kier molecular flexibility index (Phi) is 7.62. The van der Waals surface area contributed by atoms with Crippen LogP contribution in [0, 0.1) is 41.2 Å². The topological polar surface area (TPSA) is 86.0 Å². The molecule has 1 aliphatic heterocycles. The number of rotatable bonds is 9. The number of hydrazone groups is 1. The molecule has 2 N–H and O–H groups in total. The van der Waals surface area contributed by atoms with Crippen LogP contribution in [0.2, 0.25) is 0 Å². The molecular weight excluding hydrogens is 552 g/mol. The molecule has 2 aromatic carbocycles. The van der Waals surface area contributed by atoms with Crippen molar-refractivity contribution in [1.82, 2.24) is 4.98 Å². The van der Waals surface area contributed by atoms with Gasteiger partial charge in [0.1, 0.15) is 11.6 Å². The van der Waals surface area contributed by atoms with Crippen LogP contribution in [0.1, 0.15) is 65.7 Å². The van der Waals surface area contributed by atoms with E-state index in [2.05, 4.69) is 16.8 Å². The van der Waals surface area contributed by atoms with Gasteiger partial charge in [0.05, 0.1) is 22.2 Å². The number of halogens is 2. The first-order chi connectivity index (χ1) is 19.4. The molecule has 0 amide bonds. The Balaban J connectivity index is 1.40. The molecule has 0 radical (unpaired) electrons. The molecule has 2 unspecified atom stereocenters. The fourth-order valence-corrected chi connectivity index (χ4v) is 6.21. The maximum Gasteiger partial charge on any atom is 0.355 e. The Morgan fingerprint density at radius 3 is 2.58 bits per heavy atom. The van der Waals surface area contributed by atoms with E-state index in [1.807, 2.05) is 5.01 Å². The third kappa shape index (κ3) is 5.92.